The second-order valence-electron chi connectivity index (χ2n) is 13.9. The molecular weight excluding hydrogens is 697 g/mol. The summed E-state index contributed by atoms with van der Waals surface area (Å²) >= 11 is 0. The van der Waals surface area contributed by atoms with Gasteiger partial charge in [-0.1, -0.05) is 47.2 Å². The van der Waals surface area contributed by atoms with Crippen LogP contribution in [-0.2, 0) is 30.0 Å². The van der Waals surface area contributed by atoms with Crippen molar-refractivity contribution < 1.29 is 34.5 Å². The topological polar surface area (TPSA) is 166 Å². The van der Waals surface area contributed by atoms with Gasteiger partial charge in [-0.3, -0.25) is 29.0 Å². The van der Waals surface area contributed by atoms with Gasteiger partial charge in [-0.15, -0.1) is 0 Å². The third-order valence-electron chi connectivity index (χ3n) is 12.4. The van der Waals surface area contributed by atoms with Crippen molar-refractivity contribution >= 4 is 78.2 Å². The molecular formula is C31H30N6O7S4. The number of hydrogen-bond acceptors (Lipinski definition) is 13. The summed E-state index contributed by atoms with van der Waals surface area (Å²) in [6.45, 7) is 3.16. The number of amides is 4. The van der Waals surface area contributed by atoms with Gasteiger partial charge in [0.2, 0.25) is 14.6 Å². The highest BCUT2D eigenvalue weighted by Crippen LogP contribution is 2.78. The molecule has 17 heteroatoms. The second-order valence-corrected chi connectivity index (χ2v) is 19.2. The average Bonchev–Trinajstić information content (AvgIpc) is 3.72. The first kappa shape index (κ1) is 30.1. The maximum atomic E-state index is 14.9. The summed E-state index contributed by atoms with van der Waals surface area (Å²) < 4.78 is 0. The molecule has 0 radical (unpaired) electrons. The van der Waals surface area contributed by atoms with Crippen LogP contribution < -0.4 is 10.6 Å². The molecule has 12 rings (SSSR count). The highest BCUT2D eigenvalue weighted by atomic mass is 33.1. The van der Waals surface area contributed by atoms with E-state index in [1.165, 1.54) is 44.4 Å². The first-order valence-electron chi connectivity index (χ1n) is 15.5. The maximum absolute atomic E-state index is 14.9. The van der Waals surface area contributed by atoms with Crippen molar-refractivity contribution in [2.24, 2.45) is 0 Å². The number of nitrogens with one attached hydrogen (secondary N) is 2. The van der Waals surface area contributed by atoms with Crippen molar-refractivity contribution in [2.45, 2.75) is 74.8 Å². The van der Waals surface area contributed by atoms with Gasteiger partial charge in [0.1, 0.15) is 24.5 Å². The number of hydrogen-bond donors (Lipinski definition) is 5. The lowest BCUT2D eigenvalue weighted by Crippen LogP contribution is -2.80. The number of rotatable bonds is 2. The van der Waals surface area contributed by atoms with Crippen LogP contribution in [0.3, 0.4) is 0 Å². The summed E-state index contributed by atoms with van der Waals surface area (Å²) in [4.78, 5) is 57.8. The minimum Gasteiger partial charge on any atom is -0.389 e. The summed E-state index contributed by atoms with van der Waals surface area (Å²) in [7, 11) is 7.46. The number of nitrogens with zero attached hydrogens (tertiary/aromatic N) is 4. The molecule has 250 valence electrons. The van der Waals surface area contributed by atoms with Gasteiger partial charge in [0, 0.05) is 25.5 Å². The van der Waals surface area contributed by atoms with Gasteiger partial charge in [0.05, 0.1) is 16.9 Å². The molecule has 2 aromatic rings. The average molecular weight is 727 g/mol. The third kappa shape index (κ3) is 2.48. The Hall–Kier alpha value is -2.80. The number of benzene rings is 2. The number of carbonyl (C=O) groups excluding carboxylic acids is 4. The zero-order valence-electron chi connectivity index (χ0n) is 25.9. The molecule has 0 saturated carbocycles. The van der Waals surface area contributed by atoms with Gasteiger partial charge in [-0.05, 0) is 69.5 Å². The molecule has 0 aliphatic carbocycles. The highest BCUT2D eigenvalue weighted by molar-refractivity contribution is 8.78. The molecule has 48 heavy (non-hydrogen) atoms. The lowest BCUT2D eigenvalue weighted by atomic mass is 9.52. The quantitative estimate of drug-likeness (QED) is 0.275. The van der Waals surface area contributed by atoms with Crippen LogP contribution in [0.2, 0.25) is 0 Å². The van der Waals surface area contributed by atoms with Crippen LogP contribution >= 0.6 is 43.2 Å². The van der Waals surface area contributed by atoms with Gasteiger partial charge >= 0.3 is 0 Å². The molecule has 8 fully saturated rings. The van der Waals surface area contributed by atoms with E-state index in [9.17, 15) is 34.5 Å². The van der Waals surface area contributed by atoms with Crippen molar-refractivity contribution in [1.82, 2.24) is 19.6 Å². The van der Waals surface area contributed by atoms with Crippen molar-refractivity contribution in [1.29, 1.82) is 0 Å². The standard InChI is InChI=1S/C31H30N6O7S4/c1-13(38)29-25(44)37-21-28(15-10-6-8-12-17(15)33-21,19(40)31(37,48-46-29)24(43)35(29)4)27-14-9-5-7-11-16(14)32-20(27)36-22(41)26(2)34(3)23(42)30(36,18(27)39)47-45-26/h5-13,18-21,32-33,38-40H,1-4H3/t13-,18+,19+,20-,21-,26-,27-,28-,29+,30-,31+/m1/s1. The Bertz CT molecular complexity index is 1950. The van der Waals surface area contributed by atoms with E-state index in [4.69, 9.17) is 0 Å². The minimum atomic E-state index is -1.88. The Balaban J connectivity index is 1.34. The van der Waals surface area contributed by atoms with E-state index in [1.54, 1.807) is 26.1 Å². The Morgan fingerprint density at radius 3 is 1.67 bits per heavy atom. The van der Waals surface area contributed by atoms with Crippen LogP contribution in [0.15, 0.2) is 48.5 Å². The molecule has 10 aliphatic rings. The van der Waals surface area contributed by atoms with Gasteiger partial charge in [0.15, 0.2) is 4.87 Å². The third-order valence-corrected chi connectivity index (χ3v) is 19.8. The SMILES string of the molecule is C[C@@H](O)[C@@]12SS[C@]3(C(=O)N1C)[C@@H](O)[C@]1([C@@]45c6ccccc6N[C@@H]4N4C(=O)[C@@]6(C)SS[C@@]4(C(=O)N6C)[C@H]5O)c4ccccc4N[C@@H]1N3C2=O. The second kappa shape index (κ2) is 8.55. The number of aliphatic hydroxyl groups is 3. The number of anilines is 2. The first-order valence-corrected chi connectivity index (χ1v) is 19.8. The Labute approximate surface area is 290 Å². The van der Waals surface area contributed by atoms with E-state index in [1.807, 2.05) is 36.4 Å². The molecule has 5 N–H and O–H groups in total. The van der Waals surface area contributed by atoms with E-state index in [0.29, 0.717) is 22.5 Å². The maximum Gasteiger partial charge on any atom is 0.266 e. The molecule has 10 aliphatic heterocycles. The van der Waals surface area contributed by atoms with Crippen LogP contribution in [0.5, 0.6) is 0 Å². The zero-order valence-corrected chi connectivity index (χ0v) is 29.2. The largest absolute Gasteiger partial charge is 0.389 e. The van der Waals surface area contributed by atoms with Crippen LogP contribution in [0.25, 0.3) is 0 Å². The summed E-state index contributed by atoms with van der Waals surface area (Å²) in [5.41, 5.74) is -1.15. The molecule has 4 bridgehead atoms. The molecule has 4 amide bonds. The van der Waals surface area contributed by atoms with E-state index in [0.717, 1.165) is 32.4 Å². The molecule has 0 unspecified atom stereocenters. The molecule has 11 atom stereocenters. The normalized spacial score (nSPS) is 46.2. The number of fused-ring (bicyclic) bond motifs is 11. The van der Waals surface area contributed by atoms with E-state index < -0.39 is 78.7 Å². The van der Waals surface area contributed by atoms with Gasteiger partial charge in [-0.2, -0.15) is 0 Å². The number of carbonyl (C=O) groups is 4. The number of piperazine rings is 2. The van der Waals surface area contributed by atoms with Crippen LogP contribution in [0, 0.1) is 0 Å². The number of likely N-dealkylation sites (N-methyl/N-ethyl adjacent to an activating group) is 2. The molecule has 8 saturated heterocycles. The van der Waals surface area contributed by atoms with Crippen molar-refractivity contribution in [2.75, 3.05) is 24.7 Å². The Morgan fingerprint density at radius 2 is 1.15 bits per heavy atom. The fourth-order valence-electron chi connectivity index (χ4n) is 10.2. The smallest absolute Gasteiger partial charge is 0.266 e. The number of para-hydroxylation sites is 2. The summed E-state index contributed by atoms with van der Waals surface area (Å²) in [6.07, 6.45) is -6.80. The fourth-order valence-corrected chi connectivity index (χ4v) is 17.7. The predicted octanol–water partition coefficient (Wildman–Crippen LogP) is 0.692. The van der Waals surface area contributed by atoms with Crippen molar-refractivity contribution in [3.05, 3.63) is 59.7 Å². The van der Waals surface area contributed by atoms with Gasteiger partial charge in [-0.25, -0.2) is 0 Å². The monoisotopic (exact) mass is 726 g/mol. The van der Waals surface area contributed by atoms with E-state index in [2.05, 4.69) is 10.6 Å². The van der Waals surface area contributed by atoms with Crippen molar-refractivity contribution in [3.8, 4) is 0 Å². The van der Waals surface area contributed by atoms with E-state index >= 15 is 0 Å². The number of aliphatic hydroxyl groups excluding tert-OH is 3. The predicted molar refractivity (Wildman–Crippen MR) is 181 cm³/mol. The molecule has 10 heterocycles. The van der Waals surface area contributed by atoms with E-state index in [-0.39, 0.29) is 5.91 Å². The summed E-state index contributed by atoms with van der Waals surface area (Å²) in [6, 6.07) is 14.5. The molecule has 2 spiro atoms. The lowest BCUT2D eigenvalue weighted by molar-refractivity contribution is -0.172. The zero-order chi connectivity index (χ0) is 33.7. The lowest BCUT2D eigenvalue weighted by Gasteiger charge is -2.59. The molecule has 13 nitrogen and oxygen atoms in total. The van der Waals surface area contributed by atoms with Crippen LogP contribution in [-0.4, -0.2) is 123 Å². The molecule has 2 aromatic carbocycles. The van der Waals surface area contributed by atoms with Crippen molar-refractivity contribution in [3.63, 3.8) is 0 Å². The fraction of sp³-hybridized carbons (Fsp3) is 0.484. The van der Waals surface area contributed by atoms with Crippen LogP contribution in [0.1, 0.15) is 25.0 Å². The summed E-state index contributed by atoms with van der Waals surface area (Å²) in [5, 5.41) is 44.8. The van der Waals surface area contributed by atoms with Gasteiger partial charge < -0.3 is 35.8 Å². The minimum absolute atomic E-state index is 0.374. The van der Waals surface area contributed by atoms with Gasteiger partial charge in [0.25, 0.3) is 23.6 Å². The van der Waals surface area contributed by atoms with Crippen LogP contribution in [0.4, 0.5) is 11.4 Å². The molecule has 0 aromatic heterocycles. The highest BCUT2D eigenvalue weighted by Gasteiger charge is 2.93. The first-order chi connectivity index (χ1) is 22.8. The summed E-state index contributed by atoms with van der Waals surface area (Å²) in [5.74, 6) is -1.94. The Morgan fingerprint density at radius 1 is 0.688 bits per heavy atom. The Kier molecular flexibility index (Phi) is 5.36.